The number of amides is 1. The van der Waals surface area contributed by atoms with Gasteiger partial charge < -0.3 is 14.8 Å². The number of sulfonamides is 1. The Kier molecular flexibility index (Phi) is 5.31. The lowest BCUT2D eigenvalue weighted by atomic mass is 10.5. The number of hydrogen-bond donors (Lipinski definition) is 2. The Bertz CT molecular complexity index is 624. The molecule has 8 nitrogen and oxygen atoms in total. The second-order valence-corrected chi connectivity index (χ2v) is 6.28. The quantitative estimate of drug-likeness (QED) is 0.754. The molecule has 0 unspecified atom stereocenters. The molecule has 1 rings (SSSR count). The van der Waals surface area contributed by atoms with Crippen LogP contribution in [0.4, 0.5) is 0 Å². The molecule has 1 heterocycles. The molecule has 0 aromatic carbocycles. The predicted octanol–water partition coefficient (Wildman–Crippen LogP) is 0.497. The van der Waals surface area contributed by atoms with Crippen LogP contribution in [0.3, 0.4) is 0 Å². The summed E-state index contributed by atoms with van der Waals surface area (Å²) in [6, 6.07) is 0.897. The standard InChI is InChI=1S/C10H13BrN2O6S/c1-3-13(5-8(14)12-2)20(17,18)7-4-6(10(15)16)19-9(7)11/h4H,3,5H2,1-2H3,(H,12,14)(H,15,16). The summed E-state index contributed by atoms with van der Waals surface area (Å²) < 4.78 is 30.2. The highest BCUT2D eigenvalue weighted by atomic mass is 79.9. The molecule has 0 saturated carbocycles. The molecule has 1 aromatic rings. The number of carbonyl (C=O) groups excluding carboxylic acids is 1. The molecule has 0 aliphatic carbocycles. The zero-order chi connectivity index (χ0) is 15.5. The summed E-state index contributed by atoms with van der Waals surface area (Å²) in [4.78, 5) is 21.7. The van der Waals surface area contributed by atoms with Crippen molar-refractivity contribution in [2.75, 3.05) is 20.1 Å². The Hall–Kier alpha value is -1.39. The van der Waals surface area contributed by atoms with Crippen molar-refractivity contribution in [3.8, 4) is 0 Å². The zero-order valence-electron chi connectivity index (χ0n) is 10.7. The number of rotatable bonds is 6. The van der Waals surface area contributed by atoms with Crippen LogP contribution in [0.25, 0.3) is 0 Å². The maximum Gasteiger partial charge on any atom is 0.371 e. The number of hydrogen-bond acceptors (Lipinski definition) is 5. The first-order valence-corrected chi connectivity index (χ1v) is 7.70. The molecule has 0 aliphatic rings. The minimum absolute atomic E-state index is 0.0514. The predicted molar refractivity (Wildman–Crippen MR) is 71.9 cm³/mol. The highest BCUT2D eigenvalue weighted by Gasteiger charge is 2.31. The van der Waals surface area contributed by atoms with E-state index >= 15 is 0 Å². The van der Waals surface area contributed by atoms with Crippen LogP contribution in [-0.4, -0.2) is 49.8 Å². The van der Waals surface area contributed by atoms with E-state index in [9.17, 15) is 18.0 Å². The van der Waals surface area contributed by atoms with Crippen LogP contribution in [0.1, 0.15) is 17.5 Å². The van der Waals surface area contributed by atoms with Crippen LogP contribution < -0.4 is 5.32 Å². The molecule has 0 bridgehead atoms. The van der Waals surface area contributed by atoms with Gasteiger partial charge in [0, 0.05) is 19.7 Å². The Labute approximate surface area is 123 Å². The second kappa shape index (κ2) is 6.37. The van der Waals surface area contributed by atoms with Gasteiger partial charge in [-0.1, -0.05) is 6.92 Å². The molecule has 0 radical (unpaired) electrons. The highest BCUT2D eigenvalue weighted by molar-refractivity contribution is 9.10. The van der Waals surface area contributed by atoms with E-state index in [2.05, 4.69) is 21.2 Å². The van der Waals surface area contributed by atoms with Gasteiger partial charge in [0.25, 0.3) is 0 Å². The topological polar surface area (TPSA) is 117 Å². The van der Waals surface area contributed by atoms with Crippen LogP contribution >= 0.6 is 15.9 Å². The highest BCUT2D eigenvalue weighted by Crippen LogP contribution is 2.28. The summed E-state index contributed by atoms with van der Waals surface area (Å²) >= 11 is 2.87. The van der Waals surface area contributed by atoms with E-state index in [-0.39, 0.29) is 22.7 Å². The van der Waals surface area contributed by atoms with E-state index in [0.717, 1.165) is 10.4 Å². The molecule has 2 N–H and O–H groups in total. The fraction of sp³-hybridized carbons (Fsp3) is 0.400. The van der Waals surface area contributed by atoms with E-state index in [1.807, 2.05) is 0 Å². The zero-order valence-corrected chi connectivity index (χ0v) is 13.1. The minimum atomic E-state index is -4.03. The summed E-state index contributed by atoms with van der Waals surface area (Å²) in [6.45, 7) is 1.25. The largest absolute Gasteiger partial charge is 0.475 e. The Morgan fingerprint density at radius 2 is 2.10 bits per heavy atom. The third-order valence-electron chi connectivity index (χ3n) is 2.44. The number of nitrogens with zero attached hydrogens (tertiary/aromatic N) is 1. The third kappa shape index (κ3) is 3.38. The van der Waals surface area contributed by atoms with Crippen LogP contribution in [-0.2, 0) is 14.8 Å². The molecule has 112 valence electrons. The Morgan fingerprint density at radius 3 is 2.50 bits per heavy atom. The number of carboxylic acid groups (broad SMARTS) is 1. The van der Waals surface area contributed by atoms with Crippen molar-refractivity contribution in [3.63, 3.8) is 0 Å². The van der Waals surface area contributed by atoms with Gasteiger partial charge in [0.1, 0.15) is 4.90 Å². The average molecular weight is 369 g/mol. The first-order chi connectivity index (χ1) is 9.23. The number of likely N-dealkylation sites (N-methyl/N-ethyl adjacent to an activating group) is 2. The SMILES string of the molecule is CCN(CC(=O)NC)S(=O)(=O)c1cc(C(=O)O)oc1Br. The summed E-state index contributed by atoms with van der Waals surface area (Å²) in [6.07, 6.45) is 0. The van der Waals surface area contributed by atoms with Gasteiger partial charge in [-0.2, -0.15) is 4.31 Å². The van der Waals surface area contributed by atoms with Crippen LogP contribution in [0.2, 0.25) is 0 Å². The fourth-order valence-corrected chi connectivity index (χ4v) is 3.69. The second-order valence-electron chi connectivity index (χ2n) is 3.66. The van der Waals surface area contributed by atoms with Gasteiger partial charge in [-0.05, 0) is 15.9 Å². The van der Waals surface area contributed by atoms with Crippen molar-refractivity contribution in [3.05, 3.63) is 16.5 Å². The van der Waals surface area contributed by atoms with Crippen LogP contribution in [0.5, 0.6) is 0 Å². The van der Waals surface area contributed by atoms with E-state index in [1.165, 1.54) is 7.05 Å². The van der Waals surface area contributed by atoms with Crippen molar-refractivity contribution < 1.29 is 27.5 Å². The van der Waals surface area contributed by atoms with Gasteiger partial charge in [0.15, 0.2) is 4.67 Å². The van der Waals surface area contributed by atoms with Crippen molar-refractivity contribution in [1.29, 1.82) is 0 Å². The lowest BCUT2D eigenvalue weighted by molar-refractivity contribution is -0.120. The van der Waals surface area contributed by atoms with Gasteiger partial charge in [-0.3, -0.25) is 4.79 Å². The monoisotopic (exact) mass is 368 g/mol. The van der Waals surface area contributed by atoms with Gasteiger partial charge in [-0.15, -0.1) is 0 Å². The number of carbonyl (C=O) groups is 2. The number of nitrogens with one attached hydrogen (secondary N) is 1. The lowest BCUT2D eigenvalue weighted by Gasteiger charge is -2.18. The molecule has 0 aliphatic heterocycles. The maximum absolute atomic E-state index is 12.3. The number of furan rings is 1. The lowest BCUT2D eigenvalue weighted by Crippen LogP contribution is -2.39. The molecule has 1 aromatic heterocycles. The number of halogens is 1. The summed E-state index contributed by atoms with van der Waals surface area (Å²) in [7, 11) is -2.64. The molecular formula is C10H13BrN2O6S. The van der Waals surface area contributed by atoms with Gasteiger partial charge in [-0.25, -0.2) is 13.2 Å². The first-order valence-electron chi connectivity index (χ1n) is 5.47. The Balaban J connectivity index is 3.20. The van der Waals surface area contributed by atoms with Crippen molar-refractivity contribution >= 4 is 37.8 Å². The molecular weight excluding hydrogens is 356 g/mol. The summed E-state index contributed by atoms with van der Waals surface area (Å²) in [5, 5.41) is 11.1. The minimum Gasteiger partial charge on any atom is -0.475 e. The molecule has 1 amide bonds. The van der Waals surface area contributed by atoms with Crippen molar-refractivity contribution in [1.82, 2.24) is 9.62 Å². The molecule has 0 atom stereocenters. The normalized spacial score (nSPS) is 11.6. The molecule has 20 heavy (non-hydrogen) atoms. The third-order valence-corrected chi connectivity index (χ3v) is 5.21. The van der Waals surface area contributed by atoms with Gasteiger partial charge in [0.05, 0.1) is 6.54 Å². The smallest absolute Gasteiger partial charge is 0.371 e. The molecule has 0 spiro atoms. The van der Waals surface area contributed by atoms with Crippen molar-refractivity contribution in [2.45, 2.75) is 11.8 Å². The number of aromatic carboxylic acids is 1. The summed E-state index contributed by atoms with van der Waals surface area (Å²) in [5.74, 6) is -2.37. The van der Waals surface area contributed by atoms with Gasteiger partial charge >= 0.3 is 5.97 Å². The fourth-order valence-electron chi connectivity index (χ4n) is 1.38. The van der Waals surface area contributed by atoms with E-state index < -0.39 is 27.7 Å². The Morgan fingerprint density at radius 1 is 1.50 bits per heavy atom. The molecule has 0 saturated heterocycles. The van der Waals surface area contributed by atoms with Crippen LogP contribution in [0, 0.1) is 0 Å². The molecule has 0 fully saturated rings. The molecule has 10 heteroatoms. The average Bonchev–Trinajstić information content (AvgIpc) is 2.78. The van der Waals surface area contributed by atoms with E-state index in [4.69, 9.17) is 9.52 Å². The maximum atomic E-state index is 12.3. The summed E-state index contributed by atoms with van der Waals surface area (Å²) in [5.41, 5.74) is 0. The van der Waals surface area contributed by atoms with Gasteiger partial charge in [0.2, 0.25) is 21.7 Å². The van der Waals surface area contributed by atoms with Crippen molar-refractivity contribution in [2.24, 2.45) is 0 Å². The first kappa shape index (κ1) is 16.7. The van der Waals surface area contributed by atoms with Crippen LogP contribution in [0.15, 0.2) is 20.0 Å². The number of carboxylic acids is 1. The van der Waals surface area contributed by atoms with E-state index in [0.29, 0.717) is 0 Å². The van der Waals surface area contributed by atoms with E-state index in [1.54, 1.807) is 6.92 Å².